The molecule has 0 saturated carbocycles. The van der Waals surface area contributed by atoms with E-state index in [2.05, 4.69) is 30.1 Å². The van der Waals surface area contributed by atoms with Gasteiger partial charge >= 0.3 is 6.36 Å². The average Bonchev–Trinajstić information content (AvgIpc) is 3.37. The lowest BCUT2D eigenvalue weighted by atomic mass is 10.1. The van der Waals surface area contributed by atoms with Gasteiger partial charge in [-0.25, -0.2) is 4.98 Å². The predicted octanol–water partition coefficient (Wildman–Crippen LogP) is 4.46. The molecule has 3 heterocycles. The van der Waals surface area contributed by atoms with Crippen LogP contribution in [0.25, 0.3) is 17.0 Å². The summed E-state index contributed by atoms with van der Waals surface area (Å²) in [6.07, 6.45) is 0.661. The maximum atomic E-state index is 12.9. The van der Waals surface area contributed by atoms with Crippen molar-refractivity contribution in [1.82, 2.24) is 24.9 Å². The van der Waals surface area contributed by atoms with Gasteiger partial charge in [0.05, 0.1) is 5.56 Å². The highest BCUT2D eigenvalue weighted by Gasteiger charge is 2.32. The van der Waals surface area contributed by atoms with Crippen LogP contribution in [0, 0.1) is 0 Å². The minimum atomic E-state index is -4.82. The summed E-state index contributed by atoms with van der Waals surface area (Å²) in [7, 11) is 1.97. The van der Waals surface area contributed by atoms with E-state index in [9.17, 15) is 13.2 Å². The second kappa shape index (κ2) is 10.0. The van der Waals surface area contributed by atoms with E-state index in [0.29, 0.717) is 22.9 Å². The highest BCUT2D eigenvalue weighted by Crippen LogP contribution is 2.36. The van der Waals surface area contributed by atoms with Crippen LogP contribution in [0.1, 0.15) is 18.4 Å². The summed E-state index contributed by atoms with van der Waals surface area (Å²) in [6.45, 7) is 1.98. The number of halogens is 3. The molecule has 1 N–H and O–H groups in total. The van der Waals surface area contributed by atoms with Crippen LogP contribution in [0.2, 0.25) is 0 Å². The fourth-order valence-electron chi connectivity index (χ4n) is 4.32. The third-order valence-electron chi connectivity index (χ3n) is 6.13. The molecular formula is C25H25F3N6O2. The maximum Gasteiger partial charge on any atom is 0.573 e. The van der Waals surface area contributed by atoms with Gasteiger partial charge in [0.1, 0.15) is 18.1 Å². The van der Waals surface area contributed by atoms with Crippen LogP contribution in [0.3, 0.4) is 0 Å². The van der Waals surface area contributed by atoms with E-state index in [-0.39, 0.29) is 24.1 Å². The maximum absolute atomic E-state index is 12.9. The molecule has 2 aromatic carbocycles. The average molecular weight is 499 g/mol. The summed E-state index contributed by atoms with van der Waals surface area (Å²) in [6, 6.07) is 13.5. The van der Waals surface area contributed by atoms with Crippen LogP contribution in [0.5, 0.6) is 11.5 Å². The quantitative estimate of drug-likeness (QED) is 0.403. The fraction of sp³-hybridized carbons (Fsp3) is 0.320. The van der Waals surface area contributed by atoms with Crippen molar-refractivity contribution in [2.24, 2.45) is 0 Å². The summed E-state index contributed by atoms with van der Waals surface area (Å²) in [4.78, 5) is 6.56. The van der Waals surface area contributed by atoms with Crippen LogP contribution in [0.4, 0.5) is 19.0 Å². The molecule has 0 amide bonds. The topological polar surface area (TPSA) is 76.8 Å². The van der Waals surface area contributed by atoms with Gasteiger partial charge in [-0.15, -0.1) is 23.4 Å². The zero-order chi connectivity index (χ0) is 25.1. The number of piperidine rings is 1. The zero-order valence-electron chi connectivity index (χ0n) is 19.6. The van der Waals surface area contributed by atoms with E-state index >= 15 is 0 Å². The van der Waals surface area contributed by atoms with Crippen molar-refractivity contribution in [2.75, 3.05) is 25.0 Å². The third kappa shape index (κ3) is 5.20. The molecule has 5 rings (SSSR count). The number of nitrogens with zero attached hydrogens (tertiary/aromatic N) is 5. The monoisotopic (exact) mass is 498 g/mol. The van der Waals surface area contributed by atoms with Gasteiger partial charge in [-0.05, 0) is 37.1 Å². The molecular weight excluding hydrogens is 473 g/mol. The van der Waals surface area contributed by atoms with Gasteiger partial charge in [-0.2, -0.15) is 0 Å². The SMILES string of the molecule is CN(c1nnc(-c2ccc(OC(F)(F)F)cc2OCc2ccccc2)n2ccnc12)C1CCCNC1. The Balaban J connectivity index is 1.53. The van der Waals surface area contributed by atoms with Gasteiger partial charge in [0, 0.05) is 38.1 Å². The number of aromatic nitrogens is 4. The second-order valence-electron chi connectivity index (χ2n) is 8.56. The van der Waals surface area contributed by atoms with Crippen molar-refractivity contribution in [2.45, 2.75) is 31.9 Å². The number of alkyl halides is 3. The van der Waals surface area contributed by atoms with Crippen LogP contribution in [0.15, 0.2) is 60.9 Å². The molecule has 0 aliphatic carbocycles. The molecule has 0 spiro atoms. The molecule has 1 saturated heterocycles. The fourth-order valence-corrected chi connectivity index (χ4v) is 4.32. The normalized spacial score (nSPS) is 16.2. The van der Waals surface area contributed by atoms with Gasteiger partial charge in [-0.1, -0.05) is 30.3 Å². The molecule has 36 heavy (non-hydrogen) atoms. The van der Waals surface area contributed by atoms with E-state index in [1.165, 1.54) is 18.2 Å². The van der Waals surface area contributed by atoms with Crippen molar-refractivity contribution >= 4 is 11.5 Å². The highest BCUT2D eigenvalue weighted by molar-refractivity contribution is 5.72. The van der Waals surface area contributed by atoms with E-state index in [0.717, 1.165) is 31.5 Å². The molecule has 1 unspecified atom stereocenters. The number of rotatable bonds is 7. The van der Waals surface area contributed by atoms with Crippen LogP contribution >= 0.6 is 0 Å². The van der Waals surface area contributed by atoms with Crippen molar-refractivity contribution in [3.63, 3.8) is 0 Å². The van der Waals surface area contributed by atoms with Gasteiger partial charge in [0.15, 0.2) is 17.3 Å². The first-order chi connectivity index (χ1) is 17.4. The Hall–Kier alpha value is -3.86. The molecule has 2 aromatic heterocycles. The highest BCUT2D eigenvalue weighted by atomic mass is 19.4. The minimum Gasteiger partial charge on any atom is -0.488 e. The summed E-state index contributed by atoms with van der Waals surface area (Å²) < 4.78 is 50.5. The van der Waals surface area contributed by atoms with E-state index in [1.54, 1.807) is 16.8 Å². The number of nitrogens with one attached hydrogen (secondary N) is 1. The Bertz CT molecular complexity index is 1320. The number of ether oxygens (including phenoxy) is 2. The van der Waals surface area contributed by atoms with Gasteiger partial charge in [-0.3, -0.25) is 4.40 Å². The molecule has 1 atom stereocenters. The number of likely N-dealkylation sites (N-methyl/N-ethyl adjacent to an activating group) is 1. The summed E-state index contributed by atoms with van der Waals surface area (Å²) in [5.74, 6) is 0.817. The first-order valence-corrected chi connectivity index (χ1v) is 11.6. The number of imidazole rings is 1. The van der Waals surface area contributed by atoms with Gasteiger partial charge < -0.3 is 19.7 Å². The van der Waals surface area contributed by atoms with Crippen LogP contribution < -0.4 is 19.7 Å². The van der Waals surface area contributed by atoms with E-state index < -0.39 is 6.36 Å². The molecule has 0 radical (unpaired) electrons. The van der Waals surface area contributed by atoms with Gasteiger partial charge in [0.25, 0.3) is 0 Å². The third-order valence-corrected chi connectivity index (χ3v) is 6.13. The smallest absolute Gasteiger partial charge is 0.488 e. The lowest BCUT2D eigenvalue weighted by Gasteiger charge is -2.32. The number of hydrogen-bond donors (Lipinski definition) is 1. The van der Waals surface area contributed by atoms with Crippen molar-refractivity contribution < 1.29 is 22.6 Å². The standard InChI is InChI=1S/C25H25F3N6O2/c1-33(18-8-5-11-29-15-18)24-23-30-12-13-34(23)22(31-32-24)20-10-9-19(36-25(26,27)28)14-21(20)35-16-17-6-3-2-4-7-17/h2-4,6-7,9-10,12-14,18,29H,5,8,11,15-16H2,1H3. The zero-order valence-corrected chi connectivity index (χ0v) is 19.6. The van der Waals surface area contributed by atoms with Crippen molar-refractivity contribution in [3.05, 3.63) is 66.5 Å². The predicted molar refractivity (Wildman–Crippen MR) is 128 cm³/mol. The lowest BCUT2D eigenvalue weighted by molar-refractivity contribution is -0.274. The van der Waals surface area contributed by atoms with Crippen molar-refractivity contribution in [3.8, 4) is 22.9 Å². The molecule has 1 aliphatic heterocycles. The molecule has 8 nitrogen and oxygen atoms in total. The second-order valence-corrected chi connectivity index (χ2v) is 8.56. The van der Waals surface area contributed by atoms with Crippen LogP contribution in [-0.2, 0) is 6.61 Å². The molecule has 4 aromatic rings. The molecule has 1 aliphatic rings. The number of benzene rings is 2. The Morgan fingerprint density at radius 1 is 1.14 bits per heavy atom. The first-order valence-electron chi connectivity index (χ1n) is 11.6. The molecule has 0 bridgehead atoms. The van der Waals surface area contributed by atoms with Crippen LogP contribution in [-0.4, -0.2) is 52.1 Å². The van der Waals surface area contributed by atoms with E-state index in [1.807, 2.05) is 37.4 Å². The minimum absolute atomic E-state index is 0.152. The summed E-state index contributed by atoms with van der Waals surface area (Å²) >= 11 is 0. The Labute approximate surface area is 205 Å². The Morgan fingerprint density at radius 2 is 1.97 bits per heavy atom. The number of anilines is 1. The summed E-state index contributed by atoms with van der Waals surface area (Å²) in [5, 5.41) is 12.3. The van der Waals surface area contributed by atoms with Crippen molar-refractivity contribution in [1.29, 1.82) is 0 Å². The lowest BCUT2D eigenvalue weighted by Crippen LogP contribution is -2.44. The largest absolute Gasteiger partial charge is 0.573 e. The Morgan fingerprint density at radius 3 is 2.72 bits per heavy atom. The Kier molecular flexibility index (Phi) is 6.64. The molecule has 11 heteroatoms. The van der Waals surface area contributed by atoms with E-state index in [4.69, 9.17) is 4.74 Å². The summed E-state index contributed by atoms with van der Waals surface area (Å²) in [5.41, 5.74) is 1.92. The first kappa shape index (κ1) is 23.9. The van der Waals surface area contributed by atoms with Gasteiger partial charge in [0.2, 0.25) is 0 Å². The number of fused-ring (bicyclic) bond motifs is 1. The molecule has 188 valence electrons. The molecule has 1 fully saturated rings. The number of hydrogen-bond acceptors (Lipinski definition) is 7.